The fraction of sp³-hybridized carbons (Fsp3) is 0.654. The van der Waals surface area contributed by atoms with E-state index < -0.39 is 5.60 Å². The van der Waals surface area contributed by atoms with Crippen LogP contribution in [0, 0.1) is 11.3 Å². The van der Waals surface area contributed by atoms with Crippen molar-refractivity contribution in [2.24, 2.45) is 11.3 Å². The Balaban J connectivity index is 1.67. The number of piperidine rings is 1. The molecule has 0 aromatic heterocycles. The largest absolute Gasteiger partial charge is 0.493 e. The number of nitrogens with zero attached hydrogens (tertiary/aromatic N) is 1. The van der Waals surface area contributed by atoms with Crippen molar-refractivity contribution in [3.8, 4) is 11.5 Å². The van der Waals surface area contributed by atoms with Crippen molar-refractivity contribution in [2.75, 3.05) is 27.8 Å². The first kappa shape index (κ1) is 19.8. The molecule has 2 spiro atoms. The van der Waals surface area contributed by atoms with Crippen LogP contribution in [0.25, 0.3) is 0 Å². The molecule has 0 amide bonds. The predicted molar refractivity (Wildman–Crippen MR) is 118 cm³/mol. The zero-order valence-electron chi connectivity index (χ0n) is 19.1. The van der Waals surface area contributed by atoms with Crippen LogP contribution < -0.4 is 9.47 Å². The van der Waals surface area contributed by atoms with Crippen molar-refractivity contribution >= 4 is 5.78 Å². The molecule has 6 atom stereocenters. The second-order valence-corrected chi connectivity index (χ2v) is 10.3. The Bertz CT molecular complexity index is 988. The lowest BCUT2D eigenvalue weighted by Gasteiger charge is -2.68. The third-order valence-corrected chi connectivity index (χ3v) is 9.44. The molecule has 6 aliphatic rings. The van der Waals surface area contributed by atoms with Gasteiger partial charge in [0.1, 0.15) is 17.5 Å². The van der Waals surface area contributed by atoms with Gasteiger partial charge in [0.2, 0.25) is 0 Å². The van der Waals surface area contributed by atoms with E-state index in [0.717, 1.165) is 50.1 Å². The highest BCUT2D eigenvalue weighted by Gasteiger charge is 2.78. The van der Waals surface area contributed by atoms with Crippen LogP contribution >= 0.6 is 0 Å². The summed E-state index contributed by atoms with van der Waals surface area (Å²) in [7, 11) is 5.74. The van der Waals surface area contributed by atoms with Gasteiger partial charge in [0.05, 0.1) is 18.4 Å². The van der Waals surface area contributed by atoms with Crippen LogP contribution in [0.15, 0.2) is 24.3 Å². The van der Waals surface area contributed by atoms with Gasteiger partial charge in [-0.1, -0.05) is 25.1 Å². The van der Waals surface area contributed by atoms with Gasteiger partial charge in [-0.2, -0.15) is 0 Å². The van der Waals surface area contributed by atoms with Crippen LogP contribution in [0.4, 0.5) is 0 Å². The van der Waals surface area contributed by atoms with Gasteiger partial charge >= 0.3 is 0 Å². The molecule has 0 N–H and O–H groups in total. The van der Waals surface area contributed by atoms with Gasteiger partial charge in [-0.3, -0.25) is 4.79 Å². The lowest BCUT2D eigenvalue weighted by molar-refractivity contribution is -0.210. The SMILES string of the molecule is CCCC(=O)[C@H]1C[C@@]23C=CC1(OC)[C@@H]1Oc4c(OC)ccc5c4[C@@]12CCN(C)[C@@H]3CC5. The number of ether oxygens (including phenoxy) is 3. The number of likely N-dealkylation sites (tertiary alicyclic amines) is 1. The molecule has 1 aromatic rings. The number of benzene rings is 1. The quantitative estimate of drug-likeness (QED) is 0.677. The fourth-order valence-electron chi connectivity index (χ4n) is 8.25. The standard InChI is InChI=1S/C26H33NO4/c1-5-6-18(28)17-15-24-11-12-26(17,30-4)23-25(24)13-14-27(2)20(24)10-8-16-7-9-19(29-3)22(31-23)21(16)25/h7,9,11-12,17,20,23H,5-6,8,10,13-15H2,1-4H3/t17-,20-,23-,24-,25+,26?/m1/s1. The molecule has 5 nitrogen and oxygen atoms in total. The minimum absolute atomic E-state index is 0.123. The molecule has 0 radical (unpaired) electrons. The lowest BCUT2D eigenvalue weighted by atomic mass is 9.39. The monoisotopic (exact) mass is 423 g/mol. The van der Waals surface area contributed by atoms with Gasteiger partial charge in [0, 0.05) is 30.6 Å². The van der Waals surface area contributed by atoms with Gasteiger partial charge < -0.3 is 19.1 Å². The number of fused-ring (bicyclic) bond motifs is 1. The highest BCUT2D eigenvalue weighted by atomic mass is 16.6. The van der Waals surface area contributed by atoms with E-state index in [1.165, 1.54) is 11.1 Å². The average Bonchev–Trinajstić information content (AvgIpc) is 3.12. The second-order valence-electron chi connectivity index (χ2n) is 10.3. The van der Waals surface area contributed by atoms with Crippen LogP contribution in [0.1, 0.15) is 50.2 Å². The van der Waals surface area contributed by atoms with E-state index >= 15 is 0 Å². The Kier molecular flexibility index (Phi) is 4.06. The molecule has 7 rings (SSSR count). The van der Waals surface area contributed by atoms with Crippen LogP contribution in [0.3, 0.4) is 0 Å². The summed E-state index contributed by atoms with van der Waals surface area (Å²) in [6, 6.07) is 4.69. The maximum absolute atomic E-state index is 13.5. The predicted octanol–water partition coefficient (Wildman–Crippen LogP) is 3.67. The molecule has 2 aliphatic heterocycles. The number of aryl methyl sites for hydroxylation is 1. The molecule has 5 heteroatoms. The Morgan fingerprint density at radius 1 is 1.29 bits per heavy atom. The lowest BCUT2D eigenvalue weighted by Crippen LogP contribution is -2.77. The Morgan fingerprint density at radius 3 is 2.87 bits per heavy atom. The maximum atomic E-state index is 13.5. The third kappa shape index (κ3) is 2.04. The van der Waals surface area contributed by atoms with Crippen LogP contribution in [-0.4, -0.2) is 56.2 Å². The van der Waals surface area contributed by atoms with Crippen molar-refractivity contribution in [3.05, 3.63) is 35.4 Å². The zero-order valence-corrected chi connectivity index (χ0v) is 19.1. The smallest absolute Gasteiger partial charge is 0.166 e. The normalized spacial score (nSPS) is 41.5. The summed E-state index contributed by atoms with van der Waals surface area (Å²) >= 11 is 0. The molecule has 2 fully saturated rings. The number of rotatable bonds is 5. The fourth-order valence-corrected chi connectivity index (χ4v) is 8.25. The molecule has 1 aromatic carbocycles. The first-order valence-electron chi connectivity index (χ1n) is 11.8. The van der Waals surface area contributed by atoms with E-state index in [4.69, 9.17) is 14.2 Å². The van der Waals surface area contributed by atoms with E-state index in [2.05, 4.69) is 43.2 Å². The highest BCUT2D eigenvalue weighted by Crippen LogP contribution is 2.73. The topological polar surface area (TPSA) is 48.0 Å². The van der Waals surface area contributed by atoms with Crippen molar-refractivity contribution in [1.82, 2.24) is 4.90 Å². The van der Waals surface area contributed by atoms with Crippen LogP contribution in [-0.2, 0) is 21.4 Å². The van der Waals surface area contributed by atoms with Crippen molar-refractivity contribution in [3.63, 3.8) is 0 Å². The summed E-state index contributed by atoms with van der Waals surface area (Å²) in [5.74, 6) is 1.85. The minimum atomic E-state index is -0.722. The third-order valence-electron chi connectivity index (χ3n) is 9.44. The first-order valence-corrected chi connectivity index (χ1v) is 11.8. The summed E-state index contributed by atoms with van der Waals surface area (Å²) in [6.07, 6.45) is 9.91. The molecule has 166 valence electrons. The highest BCUT2D eigenvalue weighted by molar-refractivity contribution is 5.84. The number of methoxy groups -OCH3 is 2. The molecule has 4 bridgehead atoms. The number of hydrogen-bond acceptors (Lipinski definition) is 5. The summed E-state index contributed by atoms with van der Waals surface area (Å²) in [5, 5.41) is 0. The van der Waals surface area contributed by atoms with Gasteiger partial charge in [0.15, 0.2) is 11.5 Å². The van der Waals surface area contributed by atoms with Crippen LogP contribution in [0.5, 0.6) is 11.5 Å². The number of carbonyl (C=O) groups excluding carboxylic acids is 1. The Morgan fingerprint density at radius 2 is 2.13 bits per heavy atom. The summed E-state index contributed by atoms with van der Waals surface area (Å²) in [4.78, 5) is 16.0. The number of carbonyl (C=O) groups is 1. The molecular weight excluding hydrogens is 390 g/mol. The molecule has 31 heavy (non-hydrogen) atoms. The molecular formula is C26H33NO4. The molecule has 1 saturated heterocycles. The van der Waals surface area contributed by atoms with E-state index in [0.29, 0.717) is 18.2 Å². The van der Waals surface area contributed by atoms with Crippen molar-refractivity contribution in [1.29, 1.82) is 0 Å². The van der Waals surface area contributed by atoms with Crippen molar-refractivity contribution < 1.29 is 19.0 Å². The maximum Gasteiger partial charge on any atom is 0.166 e. The number of Topliss-reactive ketones (excluding diaryl/α,β-unsaturated/α-hetero) is 1. The summed E-state index contributed by atoms with van der Waals surface area (Å²) in [6.45, 7) is 3.12. The Labute approximate surface area is 184 Å². The summed E-state index contributed by atoms with van der Waals surface area (Å²) < 4.78 is 19.0. The van der Waals surface area contributed by atoms with Gasteiger partial charge in [-0.05, 0) is 57.3 Å². The zero-order chi connectivity index (χ0) is 21.6. The van der Waals surface area contributed by atoms with E-state index in [-0.39, 0.29) is 22.9 Å². The van der Waals surface area contributed by atoms with Crippen molar-refractivity contribution in [2.45, 2.75) is 68.6 Å². The van der Waals surface area contributed by atoms with Gasteiger partial charge in [0.25, 0.3) is 0 Å². The van der Waals surface area contributed by atoms with E-state index in [1.807, 2.05) is 0 Å². The molecule has 4 aliphatic carbocycles. The number of hydrogen-bond donors (Lipinski definition) is 0. The molecule has 1 saturated carbocycles. The Hall–Kier alpha value is -1.85. The van der Waals surface area contributed by atoms with E-state index in [1.54, 1.807) is 14.2 Å². The summed E-state index contributed by atoms with van der Waals surface area (Å²) in [5.41, 5.74) is 1.72. The molecule has 2 heterocycles. The minimum Gasteiger partial charge on any atom is -0.493 e. The first-order chi connectivity index (χ1) is 15.0. The average molecular weight is 424 g/mol. The van der Waals surface area contributed by atoms with Crippen LogP contribution in [0.2, 0.25) is 0 Å². The van der Waals surface area contributed by atoms with Gasteiger partial charge in [-0.25, -0.2) is 0 Å². The van der Waals surface area contributed by atoms with Gasteiger partial charge in [-0.15, -0.1) is 0 Å². The molecule has 1 unspecified atom stereocenters. The van der Waals surface area contributed by atoms with E-state index in [9.17, 15) is 4.79 Å². The number of ketones is 1. The second kappa shape index (κ2) is 6.35.